The van der Waals surface area contributed by atoms with Gasteiger partial charge in [0.1, 0.15) is 0 Å². The van der Waals surface area contributed by atoms with E-state index in [2.05, 4.69) is 10.4 Å². The first-order valence-electron chi connectivity index (χ1n) is 5.73. The molecule has 15 heavy (non-hydrogen) atoms. The highest BCUT2D eigenvalue weighted by Gasteiger charge is 2.34. The topological polar surface area (TPSA) is 52.6 Å². The van der Waals surface area contributed by atoms with Crippen molar-refractivity contribution in [1.82, 2.24) is 10.4 Å². The van der Waals surface area contributed by atoms with Gasteiger partial charge in [0, 0.05) is 5.92 Å². The van der Waals surface area contributed by atoms with E-state index in [-0.39, 0.29) is 17.7 Å². The van der Waals surface area contributed by atoms with E-state index in [1.165, 1.54) is 0 Å². The summed E-state index contributed by atoms with van der Waals surface area (Å²) in [7, 11) is 4.08. The van der Waals surface area contributed by atoms with Crippen LogP contribution >= 0.6 is 0 Å². The molecule has 4 heteroatoms. The summed E-state index contributed by atoms with van der Waals surface area (Å²) in [6.45, 7) is 1.04. The number of nitrogens with zero attached hydrogens (tertiary/aromatic N) is 1. The van der Waals surface area contributed by atoms with Gasteiger partial charge in [-0.3, -0.25) is 4.79 Å². The molecule has 4 nitrogen and oxygen atoms in total. The first kappa shape index (κ1) is 12.6. The third kappa shape index (κ3) is 4.73. The van der Waals surface area contributed by atoms with E-state index in [9.17, 15) is 4.79 Å². The van der Waals surface area contributed by atoms with Gasteiger partial charge in [0.05, 0.1) is 6.04 Å². The fraction of sp³-hybridized carbons (Fsp3) is 0.909. The molecule has 1 aliphatic rings. The van der Waals surface area contributed by atoms with Crippen LogP contribution in [0.1, 0.15) is 32.1 Å². The van der Waals surface area contributed by atoms with Crippen LogP contribution < -0.4 is 5.48 Å². The first-order valence-corrected chi connectivity index (χ1v) is 5.73. The summed E-state index contributed by atoms with van der Waals surface area (Å²) in [5.41, 5.74) is 2.15. The number of carbonyl (C=O) groups excluding carboxylic acids is 1. The molecule has 0 unspecified atom stereocenters. The quantitative estimate of drug-likeness (QED) is 0.468. The summed E-state index contributed by atoms with van der Waals surface area (Å²) in [5, 5.41) is 8.90. The maximum absolute atomic E-state index is 11.6. The van der Waals surface area contributed by atoms with Crippen LogP contribution in [-0.2, 0) is 4.79 Å². The lowest BCUT2D eigenvalue weighted by Crippen LogP contribution is -2.35. The molecule has 88 valence electrons. The lowest BCUT2D eigenvalue weighted by atomic mass is 10.0. The van der Waals surface area contributed by atoms with Crippen molar-refractivity contribution in [3.63, 3.8) is 0 Å². The zero-order valence-corrected chi connectivity index (χ0v) is 9.70. The molecule has 0 aromatic carbocycles. The summed E-state index contributed by atoms with van der Waals surface area (Å²) in [5.74, 6) is 0.422. The number of rotatable bonds is 8. The van der Waals surface area contributed by atoms with Crippen molar-refractivity contribution in [3.05, 3.63) is 0 Å². The van der Waals surface area contributed by atoms with Crippen LogP contribution in [0.2, 0.25) is 0 Å². The zero-order valence-electron chi connectivity index (χ0n) is 9.70. The molecular formula is C11H22N2O2. The van der Waals surface area contributed by atoms with Gasteiger partial charge in [-0.1, -0.05) is 6.42 Å². The third-order valence-corrected chi connectivity index (χ3v) is 2.83. The molecule has 0 amide bonds. The van der Waals surface area contributed by atoms with E-state index in [4.69, 9.17) is 5.21 Å². The Labute approximate surface area is 91.6 Å². The minimum Gasteiger partial charge on any atom is -0.316 e. The van der Waals surface area contributed by atoms with Crippen LogP contribution in [0, 0.1) is 5.92 Å². The Morgan fingerprint density at radius 2 is 2.13 bits per heavy atom. The molecule has 1 fully saturated rings. The van der Waals surface area contributed by atoms with Crippen molar-refractivity contribution in [2.75, 3.05) is 20.6 Å². The maximum atomic E-state index is 11.6. The number of hydrogen-bond donors (Lipinski definition) is 2. The van der Waals surface area contributed by atoms with Crippen LogP contribution in [0.25, 0.3) is 0 Å². The van der Waals surface area contributed by atoms with Gasteiger partial charge in [0.25, 0.3) is 0 Å². The molecule has 0 aromatic heterocycles. The van der Waals surface area contributed by atoms with E-state index in [1.807, 2.05) is 14.1 Å². The number of hydroxylamine groups is 1. The van der Waals surface area contributed by atoms with Gasteiger partial charge in [-0.2, -0.15) is 5.48 Å². The SMILES string of the molecule is CN(C)CCCC[C@H](NO)C(=O)C1CC1. The third-order valence-electron chi connectivity index (χ3n) is 2.83. The maximum Gasteiger partial charge on any atom is 0.155 e. The Balaban J connectivity index is 2.13. The molecule has 0 radical (unpaired) electrons. The molecule has 2 N–H and O–H groups in total. The van der Waals surface area contributed by atoms with Crippen LogP contribution in [0.5, 0.6) is 0 Å². The minimum absolute atomic E-state index is 0.197. The van der Waals surface area contributed by atoms with Crippen LogP contribution in [0.15, 0.2) is 0 Å². The highest BCUT2D eigenvalue weighted by Crippen LogP contribution is 2.31. The number of hydrogen-bond acceptors (Lipinski definition) is 4. The second kappa shape index (κ2) is 6.20. The van der Waals surface area contributed by atoms with E-state index in [1.54, 1.807) is 0 Å². The molecule has 0 aliphatic heterocycles. The Morgan fingerprint density at radius 3 is 2.60 bits per heavy atom. The minimum atomic E-state index is -0.334. The number of nitrogens with one attached hydrogen (secondary N) is 1. The number of ketones is 1. The smallest absolute Gasteiger partial charge is 0.155 e. The molecule has 1 aliphatic carbocycles. The fourth-order valence-electron chi connectivity index (χ4n) is 1.70. The van der Waals surface area contributed by atoms with Crippen LogP contribution in [0.4, 0.5) is 0 Å². The summed E-state index contributed by atoms with van der Waals surface area (Å²) in [6, 6.07) is -0.334. The average Bonchev–Trinajstić information content (AvgIpc) is 3.00. The predicted octanol–water partition coefficient (Wildman–Crippen LogP) is 1.04. The van der Waals surface area contributed by atoms with Gasteiger partial charge in [0.15, 0.2) is 5.78 Å². The van der Waals surface area contributed by atoms with Crippen molar-refractivity contribution in [1.29, 1.82) is 0 Å². The standard InChI is InChI=1S/C11H22N2O2/c1-13(2)8-4-3-5-10(12-15)11(14)9-6-7-9/h9-10,12,15H,3-8H2,1-2H3/t10-/m0/s1. The van der Waals surface area contributed by atoms with E-state index in [0.29, 0.717) is 0 Å². The Morgan fingerprint density at radius 1 is 1.47 bits per heavy atom. The van der Waals surface area contributed by atoms with Crippen LogP contribution in [0.3, 0.4) is 0 Å². The number of Topliss-reactive ketones (excluding diaryl/α,β-unsaturated/α-hetero) is 1. The first-order chi connectivity index (χ1) is 7.15. The van der Waals surface area contributed by atoms with Gasteiger partial charge in [0.2, 0.25) is 0 Å². The van der Waals surface area contributed by atoms with E-state index < -0.39 is 0 Å². The van der Waals surface area contributed by atoms with E-state index >= 15 is 0 Å². The largest absolute Gasteiger partial charge is 0.316 e. The Hall–Kier alpha value is -0.450. The molecule has 0 saturated heterocycles. The molecule has 0 heterocycles. The Kier molecular flexibility index (Phi) is 5.22. The molecule has 1 saturated carbocycles. The predicted molar refractivity (Wildman–Crippen MR) is 58.8 cm³/mol. The average molecular weight is 214 g/mol. The summed E-state index contributed by atoms with van der Waals surface area (Å²) in [4.78, 5) is 13.8. The second-order valence-electron chi connectivity index (χ2n) is 4.66. The van der Waals surface area contributed by atoms with Gasteiger partial charge >= 0.3 is 0 Å². The van der Waals surface area contributed by atoms with Gasteiger partial charge in [-0.05, 0) is 46.3 Å². The second-order valence-corrected chi connectivity index (χ2v) is 4.66. The fourth-order valence-corrected chi connectivity index (χ4v) is 1.70. The molecule has 1 rings (SSSR count). The molecule has 1 atom stereocenters. The molecule has 0 bridgehead atoms. The molecule has 0 aromatic rings. The molecule has 0 spiro atoms. The van der Waals surface area contributed by atoms with Crippen LogP contribution in [-0.4, -0.2) is 42.6 Å². The Bertz CT molecular complexity index is 203. The van der Waals surface area contributed by atoms with Crippen molar-refractivity contribution >= 4 is 5.78 Å². The van der Waals surface area contributed by atoms with Gasteiger partial charge in [-0.15, -0.1) is 0 Å². The summed E-state index contributed by atoms with van der Waals surface area (Å²) in [6.07, 6.45) is 4.82. The number of unbranched alkanes of at least 4 members (excludes halogenated alkanes) is 1. The van der Waals surface area contributed by atoms with Crippen molar-refractivity contribution < 1.29 is 10.0 Å². The molecular weight excluding hydrogens is 192 g/mol. The lowest BCUT2D eigenvalue weighted by Gasteiger charge is -2.14. The van der Waals surface area contributed by atoms with Crippen molar-refractivity contribution in [2.45, 2.75) is 38.1 Å². The van der Waals surface area contributed by atoms with Crippen molar-refractivity contribution in [3.8, 4) is 0 Å². The highest BCUT2D eigenvalue weighted by molar-refractivity contribution is 5.87. The van der Waals surface area contributed by atoms with Crippen molar-refractivity contribution in [2.24, 2.45) is 5.92 Å². The zero-order chi connectivity index (χ0) is 11.3. The normalized spacial score (nSPS) is 18.1. The monoisotopic (exact) mass is 214 g/mol. The van der Waals surface area contributed by atoms with Gasteiger partial charge < -0.3 is 10.1 Å². The summed E-state index contributed by atoms with van der Waals surface area (Å²) < 4.78 is 0. The number of carbonyl (C=O) groups is 1. The van der Waals surface area contributed by atoms with E-state index in [0.717, 1.165) is 38.6 Å². The lowest BCUT2D eigenvalue weighted by molar-refractivity contribution is -0.125. The van der Waals surface area contributed by atoms with Gasteiger partial charge in [-0.25, -0.2) is 0 Å². The highest BCUT2D eigenvalue weighted by atomic mass is 16.5. The summed E-state index contributed by atoms with van der Waals surface area (Å²) >= 11 is 0.